The lowest BCUT2D eigenvalue weighted by Gasteiger charge is -2.36. The Morgan fingerprint density at radius 1 is 1.23 bits per heavy atom. The number of anilines is 2. The molecule has 0 aliphatic carbocycles. The topological polar surface area (TPSA) is 61.4 Å². The Bertz CT molecular complexity index is 892. The fraction of sp³-hybridized carbons (Fsp3) is 0.316. The molecule has 0 saturated carbocycles. The van der Waals surface area contributed by atoms with Crippen LogP contribution in [0.25, 0.3) is 10.2 Å². The van der Waals surface area contributed by atoms with Gasteiger partial charge in [-0.15, -0.1) is 11.3 Å². The highest BCUT2D eigenvalue weighted by Gasteiger charge is 2.21. The van der Waals surface area contributed by atoms with E-state index in [2.05, 4.69) is 38.2 Å². The third kappa shape index (κ3) is 3.48. The molecule has 0 bridgehead atoms. The van der Waals surface area contributed by atoms with Crippen LogP contribution in [0, 0.1) is 0 Å². The van der Waals surface area contributed by atoms with Gasteiger partial charge in [-0.2, -0.15) is 0 Å². The Morgan fingerprint density at radius 3 is 3.00 bits per heavy atom. The van der Waals surface area contributed by atoms with Crippen LogP contribution in [0.3, 0.4) is 0 Å². The van der Waals surface area contributed by atoms with Crippen molar-refractivity contribution in [1.82, 2.24) is 15.3 Å². The molecule has 0 unspecified atom stereocenters. The first-order valence-electron chi connectivity index (χ1n) is 8.72. The van der Waals surface area contributed by atoms with Gasteiger partial charge in [0, 0.05) is 39.3 Å². The number of nitrogens with zero attached hydrogens (tertiary/aromatic N) is 4. The number of amides is 1. The quantitative estimate of drug-likeness (QED) is 0.750. The van der Waals surface area contributed by atoms with E-state index in [1.165, 1.54) is 4.70 Å². The van der Waals surface area contributed by atoms with Gasteiger partial charge in [0.1, 0.15) is 0 Å². The van der Waals surface area contributed by atoms with E-state index in [-0.39, 0.29) is 5.91 Å². The fourth-order valence-corrected chi connectivity index (χ4v) is 4.15. The molecule has 1 amide bonds. The van der Waals surface area contributed by atoms with Crippen LogP contribution in [-0.4, -0.2) is 49.1 Å². The van der Waals surface area contributed by atoms with Crippen LogP contribution < -0.4 is 15.1 Å². The average molecular weight is 367 g/mol. The molecule has 1 N–H and O–H groups in total. The third-order valence-electron chi connectivity index (χ3n) is 4.57. The first kappa shape index (κ1) is 16.8. The van der Waals surface area contributed by atoms with Crippen molar-refractivity contribution >= 4 is 38.8 Å². The van der Waals surface area contributed by atoms with E-state index in [4.69, 9.17) is 0 Å². The summed E-state index contributed by atoms with van der Waals surface area (Å²) in [5.74, 6) is 0.0328. The molecule has 3 heterocycles. The summed E-state index contributed by atoms with van der Waals surface area (Å²) >= 11 is 1.69. The molecule has 2 aromatic heterocycles. The summed E-state index contributed by atoms with van der Waals surface area (Å²) in [5.41, 5.74) is 3.16. The molecule has 1 aliphatic rings. The molecule has 6 nitrogen and oxygen atoms in total. The highest BCUT2D eigenvalue weighted by molar-refractivity contribution is 7.18. The van der Waals surface area contributed by atoms with Gasteiger partial charge < -0.3 is 15.1 Å². The molecule has 1 aromatic carbocycles. The number of fused-ring (bicyclic) bond motifs is 2. The zero-order valence-corrected chi connectivity index (χ0v) is 15.5. The number of rotatable bonds is 5. The lowest BCUT2D eigenvalue weighted by Crippen LogP contribution is -2.44. The number of carbonyl (C=O) groups excluding carboxylic acids is 1. The molecule has 0 radical (unpaired) electrons. The van der Waals surface area contributed by atoms with Crippen LogP contribution in [0.15, 0.2) is 42.7 Å². The van der Waals surface area contributed by atoms with Gasteiger partial charge in [-0.3, -0.25) is 9.78 Å². The number of aromatic nitrogens is 2. The SMILES string of the molecule is CN1CCN(CC(=O)NCCc2nc3ccccc3s2)c2cnccc21. The maximum Gasteiger partial charge on any atom is 0.239 e. The molecule has 3 aromatic rings. The number of pyridine rings is 1. The summed E-state index contributed by atoms with van der Waals surface area (Å²) in [7, 11) is 2.06. The molecular weight excluding hydrogens is 346 g/mol. The minimum Gasteiger partial charge on any atom is -0.371 e. The van der Waals surface area contributed by atoms with Crippen molar-refractivity contribution in [3.63, 3.8) is 0 Å². The normalized spacial score (nSPS) is 13.7. The van der Waals surface area contributed by atoms with Gasteiger partial charge in [0.2, 0.25) is 5.91 Å². The van der Waals surface area contributed by atoms with Gasteiger partial charge in [0.15, 0.2) is 0 Å². The summed E-state index contributed by atoms with van der Waals surface area (Å²) in [6, 6.07) is 10.1. The van der Waals surface area contributed by atoms with Crippen LogP contribution in [0.5, 0.6) is 0 Å². The maximum atomic E-state index is 12.4. The number of hydrogen-bond acceptors (Lipinski definition) is 6. The van der Waals surface area contributed by atoms with Crippen molar-refractivity contribution in [2.45, 2.75) is 6.42 Å². The molecule has 4 rings (SSSR count). The first-order chi connectivity index (χ1) is 12.7. The van der Waals surface area contributed by atoms with Crippen molar-refractivity contribution in [2.75, 3.05) is 43.0 Å². The molecule has 0 fully saturated rings. The van der Waals surface area contributed by atoms with E-state index >= 15 is 0 Å². The standard InChI is InChI=1S/C19H21N5OS/c1-23-10-11-24(16-12-20-8-6-15(16)23)13-18(25)21-9-7-19-22-14-4-2-3-5-17(14)26-19/h2-6,8,12H,7,9-11,13H2,1H3,(H,21,25). The van der Waals surface area contributed by atoms with Gasteiger partial charge in [-0.25, -0.2) is 4.98 Å². The monoisotopic (exact) mass is 367 g/mol. The Labute approximate surface area is 156 Å². The Morgan fingerprint density at radius 2 is 2.12 bits per heavy atom. The zero-order chi connectivity index (χ0) is 17.9. The minimum absolute atomic E-state index is 0.0328. The Kier molecular flexibility index (Phi) is 4.71. The third-order valence-corrected chi connectivity index (χ3v) is 5.66. The smallest absolute Gasteiger partial charge is 0.239 e. The predicted octanol–water partition coefficient (Wildman–Crippen LogP) is 2.31. The number of likely N-dealkylation sites (N-methyl/N-ethyl adjacent to an activating group) is 1. The van der Waals surface area contributed by atoms with Crippen LogP contribution in [0.2, 0.25) is 0 Å². The maximum absolute atomic E-state index is 12.4. The lowest BCUT2D eigenvalue weighted by molar-refractivity contribution is -0.119. The molecule has 7 heteroatoms. The number of nitrogens with one attached hydrogen (secondary N) is 1. The number of carbonyl (C=O) groups is 1. The average Bonchev–Trinajstić information content (AvgIpc) is 3.07. The molecule has 0 spiro atoms. The van der Waals surface area contributed by atoms with Crippen molar-refractivity contribution in [2.24, 2.45) is 0 Å². The van der Waals surface area contributed by atoms with Crippen LogP contribution in [0.1, 0.15) is 5.01 Å². The summed E-state index contributed by atoms with van der Waals surface area (Å²) in [4.78, 5) is 25.5. The molecular formula is C19H21N5OS. The van der Waals surface area contributed by atoms with Crippen molar-refractivity contribution in [3.8, 4) is 0 Å². The zero-order valence-electron chi connectivity index (χ0n) is 14.7. The summed E-state index contributed by atoms with van der Waals surface area (Å²) < 4.78 is 1.19. The van der Waals surface area contributed by atoms with E-state index in [9.17, 15) is 4.79 Å². The fourth-order valence-electron chi connectivity index (χ4n) is 3.19. The van der Waals surface area contributed by atoms with Gasteiger partial charge in [0.05, 0.1) is 39.3 Å². The largest absolute Gasteiger partial charge is 0.371 e. The molecule has 26 heavy (non-hydrogen) atoms. The number of hydrogen-bond donors (Lipinski definition) is 1. The summed E-state index contributed by atoms with van der Waals surface area (Å²) in [6.07, 6.45) is 4.38. The second-order valence-corrected chi connectivity index (χ2v) is 7.50. The highest BCUT2D eigenvalue weighted by Crippen LogP contribution is 2.30. The summed E-state index contributed by atoms with van der Waals surface area (Å²) in [6.45, 7) is 2.68. The van der Waals surface area contributed by atoms with Crippen molar-refractivity contribution < 1.29 is 4.79 Å². The van der Waals surface area contributed by atoms with Gasteiger partial charge in [-0.1, -0.05) is 12.1 Å². The second kappa shape index (κ2) is 7.29. The number of benzene rings is 1. The van der Waals surface area contributed by atoms with E-state index in [0.29, 0.717) is 13.1 Å². The second-order valence-electron chi connectivity index (χ2n) is 6.38. The van der Waals surface area contributed by atoms with Gasteiger partial charge >= 0.3 is 0 Å². The number of thiazole rings is 1. The van der Waals surface area contributed by atoms with Crippen LogP contribution >= 0.6 is 11.3 Å². The molecule has 1 aliphatic heterocycles. The van der Waals surface area contributed by atoms with Crippen LogP contribution in [0.4, 0.5) is 11.4 Å². The van der Waals surface area contributed by atoms with Crippen molar-refractivity contribution in [3.05, 3.63) is 47.7 Å². The predicted molar refractivity (Wildman–Crippen MR) is 106 cm³/mol. The first-order valence-corrected chi connectivity index (χ1v) is 9.53. The Hall–Kier alpha value is -2.67. The van der Waals surface area contributed by atoms with Crippen molar-refractivity contribution in [1.29, 1.82) is 0 Å². The number of para-hydroxylation sites is 1. The molecule has 0 atom stereocenters. The van der Waals surface area contributed by atoms with Gasteiger partial charge in [-0.05, 0) is 18.2 Å². The van der Waals surface area contributed by atoms with E-state index < -0.39 is 0 Å². The van der Waals surface area contributed by atoms with Gasteiger partial charge in [0.25, 0.3) is 0 Å². The summed E-state index contributed by atoms with van der Waals surface area (Å²) in [5, 5.41) is 4.07. The Balaban J connectivity index is 1.32. The molecule has 0 saturated heterocycles. The highest BCUT2D eigenvalue weighted by atomic mass is 32.1. The van der Waals surface area contributed by atoms with Crippen LogP contribution in [-0.2, 0) is 11.2 Å². The lowest BCUT2D eigenvalue weighted by atomic mass is 10.2. The molecule has 134 valence electrons. The van der Waals surface area contributed by atoms with E-state index in [0.717, 1.165) is 41.4 Å². The van der Waals surface area contributed by atoms with E-state index in [1.807, 2.05) is 30.5 Å². The minimum atomic E-state index is 0.0328. The van der Waals surface area contributed by atoms with E-state index in [1.54, 1.807) is 17.5 Å².